The first-order valence-electron chi connectivity index (χ1n) is 5.53. The van der Waals surface area contributed by atoms with Crippen molar-refractivity contribution in [1.29, 1.82) is 0 Å². The predicted octanol–water partition coefficient (Wildman–Crippen LogP) is 2.97. The largest absolute Gasteiger partial charge is 0.379 e. The fraction of sp³-hybridized carbons (Fsp3) is 1.00. The van der Waals surface area contributed by atoms with E-state index in [-0.39, 0.29) is 11.1 Å². The van der Waals surface area contributed by atoms with Crippen molar-refractivity contribution in [3.05, 3.63) is 0 Å². The lowest BCUT2D eigenvalue weighted by molar-refractivity contribution is 0.0606. The Labute approximate surface area is 89.4 Å². The van der Waals surface area contributed by atoms with Gasteiger partial charge in [-0.1, -0.05) is 0 Å². The topological polar surface area (TPSA) is 21.3 Å². The molecule has 14 heavy (non-hydrogen) atoms. The maximum absolute atomic E-state index is 5.55. The molecular weight excluding hydrogens is 174 g/mol. The van der Waals surface area contributed by atoms with Gasteiger partial charge in [-0.25, -0.2) is 0 Å². The van der Waals surface area contributed by atoms with E-state index < -0.39 is 0 Å². The van der Waals surface area contributed by atoms with Crippen molar-refractivity contribution < 1.29 is 4.74 Å². The maximum Gasteiger partial charge on any atom is 0.0518 e. The highest BCUT2D eigenvalue weighted by Gasteiger charge is 2.23. The first-order valence-corrected chi connectivity index (χ1v) is 5.53. The van der Waals surface area contributed by atoms with Crippen LogP contribution in [0.3, 0.4) is 0 Å². The average Bonchev–Trinajstić information content (AvgIpc) is 1.78. The van der Waals surface area contributed by atoms with Crippen LogP contribution in [0, 0.1) is 0 Å². The van der Waals surface area contributed by atoms with E-state index in [4.69, 9.17) is 4.74 Å². The summed E-state index contributed by atoms with van der Waals surface area (Å²) in [6.07, 6.45) is 1.38. The van der Waals surface area contributed by atoms with Crippen molar-refractivity contribution >= 4 is 0 Å². The van der Waals surface area contributed by atoms with Crippen molar-refractivity contribution in [2.75, 3.05) is 6.61 Å². The highest BCUT2D eigenvalue weighted by Crippen LogP contribution is 2.14. The molecular formula is C12H27NO. The Morgan fingerprint density at radius 1 is 1.07 bits per heavy atom. The molecule has 0 bridgehead atoms. The highest BCUT2D eigenvalue weighted by molar-refractivity contribution is 4.85. The summed E-state index contributed by atoms with van der Waals surface area (Å²) in [5.74, 6) is 0. The van der Waals surface area contributed by atoms with E-state index >= 15 is 0 Å². The van der Waals surface area contributed by atoms with Gasteiger partial charge in [0, 0.05) is 17.7 Å². The summed E-state index contributed by atoms with van der Waals surface area (Å²) in [7, 11) is 0. The van der Waals surface area contributed by atoms with E-state index in [0.717, 1.165) is 13.0 Å². The molecule has 0 unspecified atom stereocenters. The molecule has 0 fully saturated rings. The second-order valence-corrected chi connectivity index (χ2v) is 5.93. The summed E-state index contributed by atoms with van der Waals surface area (Å²) in [6.45, 7) is 16.0. The van der Waals surface area contributed by atoms with Crippen molar-refractivity contribution in [1.82, 2.24) is 5.32 Å². The Kier molecular flexibility index (Phi) is 5.10. The molecule has 0 aliphatic rings. The molecule has 86 valence electrons. The molecule has 0 heterocycles. The second kappa shape index (κ2) is 5.13. The molecule has 2 heteroatoms. The SMILES string of the molecule is CC(C)OCCC(C)(C)NC(C)(C)C. The van der Waals surface area contributed by atoms with E-state index in [1.807, 2.05) is 0 Å². The molecule has 0 rings (SSSR count). The molecule has 0 radical (unpaired) electrons. The van der Waals surface area contributed by atoms with Crippen LogP contribution in [-0.4, -0.2) is 23.8 Å². The minimum absolute atomic E-state index is 0.146. The van der Waals surface area contributed by atoms with Crippen molar-refractivity contribution in [2.45, 2.75) is 72.1 Å². The van der Waals surface area contributed by atoms with Gasteiger partial charge in [0.25, 0.3) is 0 Å². The highest BCUT2D eigenvalue weighted by atomic mass is 16.5. The van der Waals surface area contributed by atoms with Crippen molar-refractivity contribution in [2.24, 2.45) is 0 Å². The minimum atomic E-state index is 0.146. The van der Waals surface area contributed by atoms with Crippen LogP contribution in [0.15, 0.2) is 0 Å². The van der Waals surface area contributed by atoms with Crippen LogP contribution in [-0.2, 0) is 4.74 Å². The standard InChI is InChI=1S/C12H27NO/c1-10(2)14-9-8-12(6,7)13-11(3,4)5/h10,13H,8-9H2,1-7H3. The van der Waals surface area contributed by atoms with Crippen LogP contribution < -0.4 is 5.32 Å². The minimum Gasteiger partial charge on any atom is -0.379 e. The van der Waals surface area contributed by atoms with Gasteiger partial charge in [-0.2, -0.15) is 0 Å². The van der Waals surface area contributed by atoms with Crippen molar-refractivity contribution in [3.63, 3.8) is 0 Å². The quantitative estimate of drug-likeness (QED) is 0.738. The second-order valence-electron chi connectivity index (χ2n) is 5.93. The number of hydrogen-bond donors (Lipinski definition) is 1. The van der Waals surface area contributed by atoms with Crippen LogP contribution in [0.1, 0.15) is 54.9 Å². The molecule has 0 aliphatic heterocycles. The van der Waals surface area contributed by atoms with Crippen LogP contribution in [0.5, 0.6) is 0 Å². The number of rotatable bonds is 5. The van der Waals surface area contributed by atoms with Gasteiger partial charge in [0.2, 0.25) is 0 Å². The molecule has 0 aromatic carbocycles. The van der Waals surface area contributed by atoms with Gasteiger partial charge in [-0.05, 0) is 54.9 Å². The van der Waals surface area contributed by atoms with Gasteiger partial charge in [-0.15, -0.1) is 0 Å². The summed E-state index contributed by atoms with van der Waals surface area (Å²) in [6, 6.07) is 0. The Morgan fingerprint density at radius 3 is 1.93 bits per heavy atom. The van der Waals surface area contributed by atoms with E-state index in [2.05, 4.69) is 53.8 Å². The molecule has 0 saturated carbocycles. The molecule has 0 aliphatic carbocycles. The lowest BCUT2D eigenvalue weighted by Gasteiger charge is -2.35. The molecule has 0 amide bonds. The lowest BCUT2D eigenvalue weighted by Crippen LogP contribution is -2.50. The molecule has 0 aromatic rings. The Balaban J connectivity index is 3.84. The molecule has 1 N–H and O–H groups in total. The monoisotopic (exact) mass is 201 g/mol. The third-order valence-electron chi connectivity index (χ3n) is 1.89. The third kappa shape index (κ3) is 8.52. The predicted molar refractivity (Wildman–Crippen MR) is 62.7 cm³/mol. The molecule has 0 saturated heterocycles. The van der Waals surface area contributed by atoms with Gasteiger partial charge >= 0.3 is 0 Å². The van der Waals surface area contributed by atoms with E-state index in [9.17, 15) is 0 Å². The summed E-state index contributed by atoms with van der Waals surface area (Å²) in [5.41, 5.74) is 0.314. The van der Waals surface area contributed by atoms with Crippen molar-refractivity contribution in [3.8, 4) is 0 Å². The fourth-order valence-electron chi connectivity index (χ4n) is 1.63. The normalized spacial score (nSPS) is 13.7. The summed E-state index contributed by atoms with van der Waals surface area (Å²) in [4.78, 5) is 0. The molecule has 0 aromatic heterocycles. The Hall–Kier alpha value is -0.0800. The first-order chi connectivity index (χ1) is 6.12. The molecule has 2 nitrogen and oxygen atoms in total. The fourth-order valence-corrected chi connectivity index (χ4v) is 1.63. The van der Waals surface area contributed by atoms with Gasteiger partial charge in [0.05, 0.1) is 6.10 Å². The van der Waals surface area contributed by atoms with Gasteiger partial charge in [0.15, 0.2) is 0 Å². The van der Waals surface area contributed by atoms with E-state index in [1.165, 1.54) is 0 Å². The van der Waals surface area contributed by atoms with E-state index in [0.29, 0.717) is 6.10 Å². The molecule has 0 atom stereocenters. The van der Waals surface area contributed by atoms with Crippen LogP contribution in [0.2, 0.25) is 0 Å². The third-order valence-corrected chi connectivity index (χ3v) is 1.89. The Bertz CT molecular complexity index is 156. The average molecular weight is 201 g/mol. The zero-order chi connectivity index (χ0) is 11.4. The lowest BCUT2D eigenvalue weighted by atomic mass is 9.96. The van der Waals surface area contributed by atoms with Crippen LogP contribution in [0.25, 0.3) is 0 Å². The maximum atomic E-state index is 5.55. The number of ether oxygens (including phenoxy) is 1. The Morgan fingerprint density at radius 2 is 1.57 bits per heavy atom. The van der Waals surface area contributed by atoms with Gasteiger partial charge in [0.1, 0.15) is 0 Å². The van der Waals surface area contributed by atoms with Crippen LogP contribution in [0.4, 0.5) is 0 Å². The first kappa shape index (κ1) is 13.9. The van der Waals surface area contributed by atoms with Crippen LogP contribution >= 0.6 is 0 Å². The number of hydrogen-bond acceptors (Lipinski definition) is 2. The smallest absolute Gasteiger partial charge is 0.0518 e. The summed E-state index contributed by atoms with van der Waals surface area (Å²) >= 11 is 0. The number of nitrogens with one attached hydrogen (secondary N) is 1. The zero-order valence-corrected chi connectivity index (χ0v) is 10.9. The van der Waals surface area contributed by atoms with Gasteiger partial charge < -0.3 is 10.1 Å². The molecule has 0 spiro atoms. The summed E-state index contributed by atoms with van der Waals surface area (Å²) < 4.78 is 5.55. The van der Waals surface area contributed by atoms with E-state index in [1.54, 1.807) is 0 Å². The van der Waals surface area contributed by atoms with Gasteiger partial charge in [-0.3, -0.25) is 0 Å². The summed E-state index contributed by atoms with van der Waals surface area (Å²) in [5, 5.41) is 3.59. The zero-order valence-electron chi connectivity index (χ0n) is 10.9.